The number of nitrogens with zero attached hydrogens (tertiary/aromatic N) is 5. The Bertz CT molecular complexity index is 1050. The van der Waals surface area contributed by atoms with E-state index >= 15 is 0 Å². The van der Waals surface area contributed by atoms with Crippen molar-refractivity contribution in [3.8, 4) is 22.5 Å². The summed E-state index contributed by atoms with van der Waals surface area (Å²) in [6.45, 7) is 7.01. The Morgan fingerprint density at radius 3 is 2.42 bits per heavy atom. The van der Waals surface area contributed by atoms with Gasteiger partial charge in [-0.25, -0.2) is 14.8 Å². The maximum absolute atomic E-state index is 12.3. The van der Waals surface area contributed by atoms with Crippen molar-refractivity contribution < 1.29 is 9.53 Å². The monoisotopic (exact) mass is 483 g/mol. The molecule has 0 spiro atoms. The number of rotatable bonds is 3. The molecule has 0 unspecified atom stereocenters. The predicted molar refractivity (Wildman–Crippen MR) is 122 cm³/mol. The lowest BCUT2D eigenvalue weighted by atomic mass is 10.0. The average Bonchev–Trinajstić information content (AvgIpc) is 3.24. The van der Waals surface area contributed by atoms with Crippen molar-refractivity contribution in [2.45, 2.75) is 45.3 Å². The number of hydrogen-bond donors (Lipinski definition) is 0. The molecule has 0 radical (unpaired) electrons. The number of halogens is 1. The van der Waals surface area contributed by atoms with Gasteiger partial charge in [-0.2, -0.15) is 5.10 Å². The van der Waals surface area contributed by atoms with Crippen LogP contribution < -0.4 is 0 Å². The van der Waals surface area contributed by atoms with Crippen molar-refractivity contribution in [3.63, 3.8) is 0 Å². The summed E-state index contributed by atoms with van der Waals surface area (Å²) in [5.74, 6) is 0.687. The van der Waals surface area contributed by atoms with Gasteiger partial charge < -0.3 is 9.64 Å². The second-order valence-corrected chi connectivity index (χ2v) is 9.63. The van der Waals surface area contributed by atoms with Gasteiger partial charge in [-0.1, -0.05) is 18.2 Å². The Hall–Kier alpha value is -2.74. The van der Waals surface area contributed by atoms with Gasteiger partial charge in [-0.3, -0.25) is 4.68 Å². The maximum Gasteiger partial charge on any atom is 0.410 e. The highest BCUT2D eigenvalue weighted by Crippen LogP contribution is 2.28. The third kappa shape index (κ3) is 5.31. The van der Waals surface area contributed by atoms with E-state index in [0.29, 0.717) is 18.9 Å². The largest absolute Gasteiger partial charge is 0.444 e. The standard InChI is InChI=1S/C23H26BrN5O2/c1-23(2,3)31-22(30)28-9-7-20(8-10-28)29-15-18(12-27-29)16-5-4-6-17(11-16)21-25-13-19(24)14-26-21/h4-6,11-15,20H,7-10H2,1-3H3. The van der Waals surface area contributed by atoms with Gasteiger partial charge in [0.1, 0.15) is 5.60 Å². The summed E-state index contributed by atoms with van der Waals surface area (Å²) in [4.78, 5) is 22.8. The number of amides is 1. The number of carbonyl (C=O) groups is 1. The van der Waals surface area contributed by atoms with E-state index in [0.717, 1.165) is 34.0 Å². The molecule has 1 aliphatic rings. The summed E-state index contributed by atoms with van der Waals surface area (Å²) in [6, 6.07) is 8.42. The van der Waals surface area contributed by atoms with Crippen LogP contribution in [0.5, 0.6) is 0 Å². The lowest BCUT2D eigenvalue weighted by Gasteiger charge is -2.33. The summed E-state index contributed by atoms with van der Waals surface area (Å²) in [5.41, 5.74) is 2.61. The fraction of sp³-hybridized carbons (Fsp3) is 0.391. The van der Waals surface area contributed by atoms with E-state index in [1.165, 1.54) is 0 Å². The third-order valence-electron chi connectivity index (χ3n) is 5.17. The number of hydrogen-bond acceptors (Lipinski definition) is 5. The van der Waals surface area contributed by atoms with Gasteiger partial charge in [-0.05, 0) is 61.2 Å². The summed E-state index contributed by atoms with van der Waals surface area (Å²) >= 11 is 3.37. The molecule has 8 heteroatoms. The van der Waals surface area contributed by atoms with Crippen molar-refractivity contribution in [2.75, 3.05) is 13.1 Å². The summed E-state index contributed by atoms with van der Waals surface area (Å²) in [5, 5.41) is 4.60. The summed E-state index contributed by atoms with van der Waals surface area (Å²) in [7, 11) is 0. The van der Waals surface area contributed by atoms with Gasteiger partial charge in [0.25, 0.3) is 0 Å². The summed E-state index contributed by atoms with van der Waals surface area (Å²) in [6.07, 6.45) is 8.93. The minimum Gasteiger partial charge on any atom is -0.444 e. The van der Waals surface area contributed by atoms with E-state index in [9.17, 15) is 4.79 Å². The molecule has 1 amide bonds. The average molecular weight is 484 g/mol. The smallest absolute Gasteiger partial charge is 0.410 e. The first-order valence-electron chi connectivity index (χ1n) is 10.4. The maximum atomic E-state index is 12.3. The number of carbonyl (C=O) groups excluding carboxylic acids is 1. The van der Waals surface area contributed by atoms with Crippen LogP contribution in [0.2, 0.25) is 0 Å². The molecule has 3 heterocycles. The quantitative estimate of drug-likeness (QED) is 0.502. The molecule has 0 bridgehead atoms. The zero-order valence-electron chi connectivity index (χ0n) is 18.0. The molecule has 1 saturated heterocycles. The number of benzene rings is 1. The molecule has 4 rings (SSSR count). The highest BCUT2D eigenvalue weighted by molar-refractivity contribution is 9.10. The zero-order valence-corrected chi connectivity index (χ0v) is 19.5. The molecule has 162 valence electrons. The van der Waals surface area contributed by atoms with Crippen LogP contribution in [0.3, 0.4) is 0 Å². The Morgan fingerprint density at radius 1 is 1.06 bits per heavy atom. The van der Waals surface area contributed by atoms with Gasteiger partial charge in [0, 0.05) is 42.8 Å². The number of aromatic nitrogens is 4. The van der Waals surface area contributed by atoms with Crippen molar-refractivity contribution in [3.05, 3.63) is 53.5 Å². The molecular formula is C23H26BrN5O2. The highest BCUT2D eigenvalue weighted by Gasteiger charge is 2.27. The molecule has 7 nitrogen and oxygen atoms in total. The van der Waals surface area contributed by atoms with Gasteiger partial charge in [0.05, 0.1) is 16.7 Å². The Morgan fingerprint density at radius 2 is 1.74 bits per heavy atom. The zero-order chi connectivity index (χ0) is 22.0. The predicted octanol–water partition coefficient (Wildman–Crippen LogP) is 5.34. The molecule has 0 N–H and O–H groups in total. The SMILES string of the molecule is CC(C)(C)OC(=O)N1CCC(n2cc(-c3cccc(-c4ncc(Br)cn4)c3)cn2)CC1. The molecule has 0 atom stereocenters. The fourth-order valence-corrected chi connectivity index (χ4v) is 3.83. The van der Waals surface area contributed by atoms with Crippen LogP contribution in [-0.4, -0.2) is 49.4 Å². The van der Waals surface area contributed by atoms with Crippen LogP contribution in [0.4, 0.5) is 4.79 Å². The van der Waals surface area contributed by atoms with E-state index in [2.05, 4.69) is 49.3 Å². The second kappa shape index (κ2) is 8.78. The topological polar surface area (TPSA) is 73.1 Å². The van der Waals surface area contributed by atoms with Crippen LogP contribution in [0, 0.1) is 0 Å². The van der Waals surface area contributed by atoms with E-state index in [1.54, 1.807) is 17.3 Å². The lowest BCUT2D eigenvalue weighted by molar-refractivity contribution is 0.0185. The number of likely N-dealkylation sites (tertiary alicyclic amines) is 1. The Balaban J connectivity index is 1.43. The molecule has 2 aromatic heterocycles. The van der Waals surface area contributed by atoms with E-state index in [1.807, 2.05) is 43.8 Å². The van der Waals surface area contributed by atoms with E-state index in [-0.39, 0.29) is 12.1 Å². The van der Waals surface area contributed by atoms with Crippen LogP contribution in [0.1, 0.15) is 39.7 Å². The van der Waals surface area contributed by atoms with Crippen LogP contribution in [0.15, 0.2) is 53.5 Å². The third-order valence-corrected chi connectivity index (χ3v) is 5.58. The molecule has 0 saturated carbocycles. The molecule has 3 aromatic rings. The molecule has 1 aromatic carbocycles. The highest BCUT2D eigenvalue weighted by atomic mass is 79.9. The normalized spacial score (nSPS) is 15.2. The number of piperidine rings is 1. The second-order valence-electron chi connectivity index (χ2n) is 8.71. The van der Waals surface area contributed by atoms with E-state index in [4.69, 9.17) is 4.74 Å². The van der Waals surface area contributed by atoms with Crippen molar-refractivity contribution >= 4 is 22.0 Å². The first-order chi connectivity index (χ1) is 14.8. The van der Waals surface area contributed by atoms with E-state index < -0.39 is 5.60 Å². The molecule has 1 fully saturated rings. The van der Waals surface area contributed by atoms with Crippen molar-refractivity contribution in [1.82, 2.24) is 24.6 Å². The van der Waals surface area contributed by atoms with Gasteiger partial charge in [0.15, 0.2) is 5.82 Å². The van der Waals surface area contributed by atoms with Gasteiger partial charge >= 0.3 is 6.09 Å². The van der Waals surface area contributed by atoms with Gasteiger partial charge in [0.2, 0.25) is 0 Å². The van der Waals surface area contributed by atoms with Crippen molar-refractivity contribution in [1.29, 1.82) is 0 Å². The molecular weight excluding hydrogens is 458 g/mol. The van der Waals surface area contributed by atoms with Gasteiger partial charge in [-0.15, -0.1) is 0 Å². The Kier molecular flexibility index (Phi) is 6.09. The Labute approximate surface area is 190 Å². The first kappa shape index (κ1) is 21.5. The van der Waals surface area contributed by atoms with Crippen LogP contribution in [0.25, 0.3) is 22.5 Å². The summed E-state index contributed by atoms with van der Waals surface area (Å²) < 4.78 is 8.36. The van der Waals surface area contributed by atoms with Crippen molar-refractivity contribution in [2.24, 2.45) is 0 Å². The number of ether oxygens (including phenoxy) is 1. The lowest BCUT2D eigenvalue weighted by Crippen LogP contribution is -2.42. The molecule has 31 heavy (non-hydrogen) atoms. The van der Waals surface area contributed by atoms with Crippen LogP contribution in [-0.2, 0) is 4.74 Å². The molecule has 0 aliphatic carbocycles. The molecule has 1 aliphatic heterocycles. The minimum atomic E-state index is -0.472. The minimum absolute atomic E-state index is 0.237. The first-order valence-corrected chi connectivity index (χ1v) is 11.2. The van der Waals surface area contributed by atoms with Crippen LogP contribution >= 0.6 is 15.9 Å². The fourth-order valence-electron chi connectivity index (χ4n) is 3.63.